The molecule has 126 valence electrons. The van der Waals surface area contributed by atoms with Crippen LogP contribution in [0.1, 0.15) is 24.4 Å². The molecule has 3 rings (SSSR count). The van der Waals surface area contributed by atoms with Crippen molar-refractivity contribution in [1.29, 1.82) is 0 Å². The van der Waals surface area contributed by atoms with Gasteiger partial charge in [0.05, 0.1) is 18.8 Å². The van der Waals surface area contributed by atoms with Gasteiger partial charge in [0, 0.05) is 18.2 Å². The molecule has 1 unspecified atom stereocenters. The molecule has 1 saturated heterocycles. The number of esters is 1. The molecule has 1 fully saturated rings. The predicted molar refractivity (Wildman–Crippen MR) is 90.1 cm³/mol. The van der Waals surface area contributed by atoms with Crippen molar-refractivity contribution in [3.63, 3.8) is 0 Å². The van der Waals surface area contributed by atoms with Gasteiger partial charge < -0.3 is 14.2 Å². The third-order valence-corrected chi connectivity index (χ3v) is 4.90. The topological polar surface area (TPSA) is 72.6 Å². The summed E-state index contributed by atoms with van der Waals surface area (Å²) in [6.45, 7) is 2.43. The monoisotopic (exact) mass is 346 g/mol. The molecule has 2 aromatic rings. The minimum absolute atomic E-state index is 0.00133. The van der Waals surface area contributed by atoms with Gasteiger partial charge in [-0.05, 0) is 6.92 Å². The molecule has 0 saturated carbocycles. The number of benzene rings is 1. The van der Waals surface area contributed by atoms with Gasteiger partial charge in [-0.2, -0.15) is 0 Å². The number of hydrogen-bond donors (Lipinski definition) is 0. The summed E-state index contributed by atoms with van der Waals surface area (Å²) in [6, 6.07) is 11.5. The van der Waals surface area contributed by atoms with E-state index >= 15 is 0 Å². The number of rotatable bonds is 6. The number of amides is 1. The van der Waals surface area contributed by atoms with E-state index in [4.69, 9.17) is 9.26 Å². The summed E-state index contributed by atoms with van der Waals surface area (Å²) in [5.41, 5.74) is 1.62. The van der Waals surface area contributed by atoms with E-state index < -0.39 is 0 Å². The van der Waals surface area contributed by atoms with Gasteiger partial charge in [0.1, 0.15) is 11.1 Å². The van der Waals surface area contributed by atoms with Crippen molar-refractivity contribution in [3.05, 3.63) is 42.1 Å². The third-order valence-electron chi connectivity index (χ3n) is 3.67. The molecule has 0 aliphatic carbocycles. The average molecular weight is 346 g/mol. The van der Waals surface area contributed by atoms with Crippen molar-refractivity contribution in [2.24, 2.45) is 0 Å². The molecule has 7 heteroatoms. The van der Waals surface area contributed by atoms with Crippen LogP contribution in [-0.4, -0.2) is 40.8 Å². The first-order valence-corrected chi connectivity index (χ1v) is 8.82. The summed E-state index contributed by atoms with van der Waals surface area (Å²) in [5.74, 6) is 0.738. The van der Waals surface area contributed by atoms with Crippen LogP contribution >= 0.6 is 11.8 Å². The maximum Gasteiger partial charge on any atom is 0.307 e. The van der Waals surface area contributed by atoms with Crippen molar-refractivity contribution in [3.8, 4) is 11.3 Å². The second-order valence-corrected chi connectivity index (χ2v) is 6.36. The number of ether oxygens (including phenoxy) is 1. The highest BCUT2D eigenvalue weighted by Gasteiger charge is 2.35. The van der Waals surface area contributed by atoms with Crippen molar-refractivity contribution >= 4 is 23.6 Å². The molecule has 24 heavy (non-hydrogen) atoms. The first kappa shape index (κ1) is 16.6. The zero-order chi connectivity index (χ0) is 16.9. The predicted octanol–water partition coefficient (Wildman–Crippen LogP) is 2.87. The van der Waals surface area contributed by atoms with Crippen LogP contribution in [0.15, 0.2) is 40.9 Å². The number of thioether (sulfide) groups is 1. The third kappa shape index (κ3) is 3.62. The van der Waals surface area contributed by atoms with Crippen molar-refractivity contribution in [1.82, 2.24) is 10.1 Å². The molecule has 2 heterocycles. The lowest BCUT2D eigenvalue weighted by Gasteiger charge is -2.21. The molecule has 1 aromatic heterocycles. The van der Waals surface area contributed by atoms with Gasteiger partial charge in [-0.1, -0.05) is 35.5 Å². The molecule has 1 atom stereocenters. The fraction of sp³-hybridized carbons (Fsp3) is 0.353. The molecule has 0 radical (unpaired) electrons. The Hall–Kier alpha value is -2.28. The molecule has 1 aliphatic rings. The molecular weight excluding hydrogens is 328 g/mol. The quantitative estimate of drug-likeness (QED) is 0.749. The molecule has 0 spiro atoms. The Morgan fingerprint density at radius 3 is 2.96 bits per heavy atom. The number of carbonyl (C=O) groups excluding carboxylic acids is 2. The number of nitrogens with zero attached hydrogens (tertiary/aromatic N) is 2. The van der Waals surface area contributed by atoms with Crippen LogP contribution in [0.2, 0.25) is 0 Å². The molecule has 1 aromatic carbocycles. The first-order chi connectivity index (χ1) is 11.7. The minimum Gasteiger partial charge on any atom is -0.466 e. The summed E-state index contributed by atoms with van der Waals surface area (Å²) < 4.78 is 10.3. The van der Waals surface area contributed by atoms with Crippen LogP contribution < -0.4 is 0 Å². The zero-order valence-corrected chi connectivity index (χ0v) is 14.1. The molecule has 1 aliphatic heterocycles. The Morgan fingerprint density at radius 1 is 1.42 bits per heavy atom. The lowest BCUT2D eigenvalue weighted by atomic mass is 10.1. The highest BCUT2D eigenvalue weighted by atomic mass is 32.2. The first-order valence-electron chi connectivity index (χ1n) is 7.77. The fourth-order valence-electron chi connectivity index (χ4n) is 2.53. The van der Waals surface area contributed by atoms with Gasteiger partial charge in [-0.15, -0.1) is 11.8 Å². The Balaban J connectivity index is 1.72. The van der Waals surface area contributed by atoms with E-state index in [-0.39, 0.29) is 23.7 Å². The van der Waals surface area contributed by atoms with E-state index in [0.29, 0.717) is 30.4 Å². The fourth-order valence-corrected chi connectivity index (χ4v) is 3.68. The summed E-state index contributed by atoms with van der Waals surface area (Å²) >= 11 is 1.49. The summed E-state index contributed by atoms with van der Waals surface area (Å²) in [7, 11) is 0. The maximum atomic E-state index is 12.1. The molecule has 0 N–H and O–H groups in total. The van der Waals surface area contributed by atoms with E-state index in [1.807, 2.05) is 36.4 Å². The normalized spacial score (nSPS) is 17.3. The van der Waals surface area contributed by atoms with Gasteiger partial charge in [0.15, 0.2) is 5.76 Å². The number of carbonyl (C=O) groups is 2. The lowest BCUT2D eigenvalue weighted by Crippen LogP contribution is -2.31. The second kappa shape index (κ2) is 7.53. The van der Waals surface area contributed by atoms with Crippen molar-refractivity contribution < 1.29 is 18.8 Å². The molecule has 6 nitrogen and oxygen atoms in total. The Bertz CT molecular complexity index is 716. The Kier molecular flexibility index (Phi) is 5.20. The van der Waals surface area contributed by atoms with Crippen LogP contribution in [-0.2, 0) is 14.3 Å². The summed E-state index contributed by atoms with van der Waals surface area (Å²) in [4.78, 5) is 25.3. The highest BCUT2D eigenvalue weighted by molar-refractivity contribution is 8.00. The van der Waals surface area contributed by atoms with Crippen LogP contribution in [0.5, 0.6) is 0 Å². The van der Waals surface area contributed by atoms with Crippen LogP contribution in [0.4, 0.5) is 0 Å². The van der Waals surface area contributed by atoms with Gasteiger partial charge in [0.25, 0.3) is 0 Å². The van der Waals surface area contributed by atoms with E-state index in [1.165, 1.54) is 11.8 Å². The number of aromatic nitrogens is 1. The zero-order valence-electron chi connectivity index (χ0n) is 13.3. The number of hydrogen-bond acceptors (Lipinski definition) is 6. The van der Waals surface area contributed by atoms with Gasteiger partial charge in [0.2, 0.25) is 5.91 Å². The maximum absolute atomic E-state index is 12.1. The molecule has 0 bridgehead atoms. The van der Waals surface area contributed by atoms with E-state index in [9.17, 15) is 9.59 Å². The van der Waals surface area contributed by atoms with Crippen molar-refractivity contribution in [2.75, 3.05) is 18.9 Å². The largest absolute Gasteiger partial charge is 0.466 e. The summed E-state index contributed by atoms with van der Waals surface area (Å²) in [6.07, 6.45) is 0.181. The Labute approximate surface area is 144 Å². The second-order valence-electron chi connectivity index (χ2n) is 5.29. The minimum atomic E-state index is -0.300. The lowest BCUT2D eigenvalue weighted by molar-refractivity contribution is -0.143. The van der Waals surface area contributed by atoms with Gasteiger partial charge in [-0.3, -0.25) is 9.59 Å². The van der Waals surface area contributed by atoms with Gasteiger partial charge >= 0.3 is 5.97 Å². The van der Waals surface area contributed by atoms with Crippen LogP contribution in [0, 0.1) is 0 Å². The highest BCUT2D eigenvalue weighted by Crippen LogP contribution is 2.39. The Morgan fingerprint density at radius 2 is 2.21 bits per heavy atom. The van der Waals surface area contributed by atoms with Crippen LogP contribution in [0.3, 0.4) is 0 Å². The molecule has 1 amide bonds. The smallest absolute Gasteiger partial charge is 0.307 e. The van der Waals surface area contributed by atoms with Gasteiger partial charge in [-0.25, -0.2) is 0 Å². The van der Waals surface area contributed by atoms with Crippen molar-refractivity contribution in [2.45, 2.75) is 18.7 Å². The SMILES string of the molecule is CCOC(=O)CCN1C(=O)CSC1c1cc(-c2ccccc2)on1. The average Bonchev–Trinajstić information content (AvgIpc) is 3.21. The summed E-state index contributed by atoms with van der Waals surface area (Å²) in [5, 5.41) is 3.89. The van der Waals surface area contributed by atoms with E-state index in [1.54, 1.807) is 11.8 Å². The van der Waals surface area contributed by atoms with Crippen LogP contribution in [0.25, 0.3) is 11.3 Å². The van der Waals surface area contributed by atoms with E-state index in [0.717, 1.165) is 5.56 Å². The van der Waals surface area contributed by atoms with E-state index in [2.05, 4.69) is 5.16 Å². The molecular formula is C17H18N2O4S. The standard InChI is InChI=1S/C17H18N2O4S/c1-2-22-16(21)8-9-19-15(20)11-24-17(19)13-10-14(23-18-13)12-6-4-3-5-7-12/h3-7,10,17H,2,8-9,11H2,1H3.